The van der Waals surface area contributed by atoms with Gasteiger partial charge in [-0.15, -0.1) is 0 Å². The number of anilines is 1. The molecule has 0 unspecified atom stereocenters. The first-order valence-electron chi connectivity index (χ1n) is 10.2. The van der Waals surface area contributed by atoms with Crippen LogP contribution in [0, 0.1) is 5.82 Å². The maximum absolute atomic E-state index is 13.1. The van der Waals surface area contributed by atoms with Crippen molar-refractivity contribution < 1.29 is 17.6 Å². The van der Waals surface area contributed by atoms with Gasteiger partial charge in [0.05, 0.1) is 23.3 Å². The van der Waals surface area contributed by atoms with E-state index in [0.29, 0.717) is 21.7 Å². The summed E-state index contributed by atoms with van der Waals surface area (Å²) < 4.78 is 40.6. The lowest BCUT2D eigenvalue weighted by atomic mass is 10.1. The summed E-state index contributed by atoms with van der Waals surface area (Å²) in [7, 11) is -3.65. The third-order valence-corrected chi connectivity index (χ3v) is 7.28. The Balaban J connectivity index is 1.31. The van der Waals surface area contributed by atoms with Crippen LogP contribution in [-0.2, 0) is 16.6 Å². The number of carbonyl (C=O) groups excluding carboxylic acids is 1. The van der Waals surface area contributed by atoms with Gasteiger partial charge in [-0.2, -0.15) is 5.10 Å². The average Bonchev–Trinajstić information content (AvgIpc) is 3.04. The van der Waals surface area contributed by atoms with Crippen LogP contribution in [0.3, 0.4) is 0 Å². The lowest BCUT2D eigenvalue weighted by Crippen LogP contribution is -2.26. The molecule has 1 N–H and O–H groups in total. The van der Waals surface area contributed by atoms with E-state index in [1.54, 1.807) is 54.6 Å². The topological polar surface area (TPSA) is 78.8 Å². The van der Waals surface area contributed by atoms with Crippen molar-refractivity contribution in [3.8, 4) is 0 Å². The summed E-state index contributed by atoms with van der Waals surface area (Å²) in [5.41, 5.74) is 4.85. The van der Waals surface area contributed by atoms with Gasteiger partial charge in [0.1, 0.15) is 5.82 Å². The van der Waals surface area contributed by atoms with E-state index in [1.165, 1.54) is 22.7 Å². The minimum Gasteiger partial charge on any atom is -0.267 e. The van der Waals surface area contributed by atoms with Crippen LogP contribution in [0.4, 0.5) is 10.1 Å². The number of halogens is 1. The number of hydrazone groups is 1. The molecule has 1 aliphatic rings. The Kier molecular flexibility index (Phi) is 5.14. The zero-order valence-electron chi connectivity index (χ0n) is 17.3. The molecule has 6 nitrogen and oxygen atoms in total. The Morgan fingerprint density at radius 2 is 1.64 bits per heavy atom. The van der Waals surface area contributed by atoms with Crippen LogP contribution >= 0.6 is 0 Å². The molecule has 0 bridgehead atoms. The standard InChI is InChI=1S/C25H18FN3O3S/c26-21-13-9-17(10-14-21)15-27-28-25(30)20-11-7-18(8-12-20)16-29-22-5-1-3-19-4-2-6-23(24(19)22)33(29,31)32/h1-15H,16H2,(H,28,30)/b27-15+. The van der Waals surface area contributed by atoms with Crippen LogP contribution < -0.4 is 9.73 Å². The van der Waals surface area contributed by atoms with Crippen LogP contribution in [-0.4, -0.2) is 20.5 Å². The first-order valence-corrected chi connectivity index (χ1v) is 11.6. The average molecular weight is 460 g/mol. The van der Waals surface area contributed by atoms with Crippen molar-refractivity contribution >= 4 is 38.6 Å². The van der Waals surface area contributed by atoms with Gasteiger partial charge < -0.3 is 0 Å². The van der Waals surface area contributed by atoms with Gasteiger partial charge in [0.25, 0.3) is 15.9 Å². The number of benzene rings is 4. The molecular formula is C25H18FN3O3S. The fourth-order valence-corrected chi connectivity index (χ4v) is 5.53. The van der Waals surface area contributed by atoms with E-state index in [4.69, 9.17) is 0 Å². The summed E-state index contributed by atoms with van der Waals surface area (Å²) in [6.07, 6.45) is 1.42. The van der Waals surface area contributed by atoms with Gasteiger partial charge in [-0.25, -0.2) is 18.2 Å². The van der Waals surface area contributed by atoms with Gasteiger partial charge in [-0.3, -0.25) is 9.10 Å². The number of hydrogen-bond acceptors (Lipinski definition) is 4. The van der Waals surface area contributed by atoms with Crippen molar-refractivity contribution in [2.75, 3.05) is 4.31 Å². The molecule has 4 aromatic carbocycles. The van der Waals surface area contributed by atoms with Crippen molar-refractivity contribution in [1.82, 2.24) is 5.43 Å². The molecule has 4 aromatic rings. The predicted molar refractivity (Wildman–Crippen MR) is 125 cm³/mol. The fraction of sp³-hybridized carbons (Fsp3) is 0.0400. The number of nitrogens with zero attached hydrogens (tertiary/aromatic N) is 2. The highest BCUT2D eigenvalue weighted by molar-refractivity contribution is 7.93. The van der Waals surface area contributed by atoms with Crippen molar-refractivity contribution in [3.05, 3.63) is 107 Å². The second kappa shape index (κ2) is 8.14. The van der Waals surface area contributed by atoms with Crippen LogP contribution in [0.2, 0.25) is 0 Å². The third kappa shape index (κ3) is 3.85. The number of amides is 1. The first-order chi connectivity index (χ1) is 15.9. The smallest absolute Gasteiger partial charge is 0.267 e. The van der Waals surface area contributed by atoms with E-state index in [1.807, 2.05) is 18.2 Å². The van der Waals surface area contributed by atoms with E-state index >= 15 is 0 Å². The molecule has 0 saturated heterocycles. The molecular weight excluding hydrogens is 441 g/mol. The molecule has 8 heteroatoms. The van der Waals surface area contributed by atoms with Gasteiger partial charge in [0.15, 0.2) is 0 Å². The Morgan fingerprint density at radius 3 is 2.36 bits per heavy atom. The molecule has 0 radical (unpaired) electrons. The lowest BCUT2D eigenvalue weighted by molar-refractivity contribution is 0.0955. The summed E-state index contributed by atoms with van der Waals surface area (Å²) in [4.78, 5) is 12.6. The number of nitrogens with one attached hydrogen (secondary N) is 1. The molecule has 1 heterocycles. The van der Waals surface area contributed by atoms with Crippen LogP contribution in [0.1, 0.15) is 21.5 Å². The summed E-state index contributed by atoms with van der Waals surface area (Å²) in [6.45, 7) is 0.154. The highest BCUT2D eigenvalue weighted by Gasteiger charge is 2.35. The molecule has 0 fully saturated rings. The van der Waals surface area contributed by atoms with E-state index in [9.17, 15) is 17.6 Å². The molecule has 1 amide bonds. The zero-order valence-corrected chi connectivity index (χ0v) is 18.1. The predicted octanol–water partition coefficient (Wildman–Crippen LogP) is 4.45. The lowest BCUT2D eigenvalue weighted by Gasteiger charge is -2.19. The van der Waals surface area contributed by atoms with Crippen LogP contribution in [0.25, 0.3) is 10.8 Å². The summed E-state index contributed by atoms with van der Waals surface area (Å²) in [6, 6.07) is 23.2. The van der Waals surface area contributed by atoms with Crippen molar-refractivity contribution in [2.45, 2.75) is 11.4 Å². The fourth-order valence-electron chi connectivity index (χ4n) is 3.83. The Morgan fingerprint density at radius 1 is 0.939 bits per heavy atom. The summed E-state index contributed by atoms with van der Waals surface area (Å²) in [5, 5.41) is 5.49. The van der Waals surface area contributed by atoms with Gasteiger partial charge in [0.2, 0.25) is 0 Å². The second-order valence-corrected chi connectivity index (χ2v) is 9.42. The number of rotatable bonds is 5. The third-order valence-electron chi connectivity index (χ3n) is 5.47. The first kappa shape index (κ1) is 20.8. The molecule has 33 heavy (non-hydrogen) atoms. The molecule has 0 aliphatic carbocycles. The van der Waals surface area contributed by atoms with Crippen LogP contribution in [0.15, 0.2) is 94.9 Å². The number of sulfonamides is 1. The van der Waals surface area contributed by atoms with Crippen molar-refractivity contribution in [2.24, 2.45) is 5.10 Å². The van der Waals surface area contributed by atoms with Gasteiger partial charge >= 0.3 is 0 Å². The molecule has 5 rings (SSSR count). The van der Waals surface area contributed by atoms with Gasteiger partial charge in [-0.1, -0.05) is 48.5 Å². The summed E-state index contributed by atoms with van der Waals surface area (Å²) >= 11 is 0. The van der Waals surface area contributed by atoms with E-state index in [-0.39, 0.29) is 12.4 Å². The maximum atomic E-state index is 13.1. The van der Waals surface area contributed by atoms with E-state index in [2.05, 4.69) is 10.5 Å². The highest BCUT2D eigenvalue weighted by atomic mass is 32.2. The van der Waals surface area contributed by atoms with E-state index < -0.39 is 15.9 Å². The molecule has 1 aliphatic heterocycles. The molecule has 0 spiro atoms. The zero-order chi connectivity index (χ0) is 23.0. The Hall–Kier alpha value is -4.04. The summed E-state index contributed by atoms with van der Waals surface area (Å²) in [5.74, 6) is -0.760. The Labute approximate surface area is 190 Å². The van der Waals surface area contributed by atoms with Gasteiger partial charge in [0, 0.05) is 10.9 Å². The largest absolute Gasteiger partial charge is 0.271 e. The molecule has 164 valence electrons. The SMILES string of the molecule is O=C(N/N=C/c1ccc(F)cc1)c1ccc(CN2c3cccc4cccc(c34)S2(=O)=O)cc1. The molecule has 0 saturated carbocycles. The van der Waals surface area contributed by atoms with E-state index in [0.717, 1.165) is 16.3 Å². The Bertz CT molecular complexity index is 1490. The molecule has 0 aromatic heterocycles. The quantitative estimate of drug-likeness (QED) is 0.354. The second-order valence-electron chi connectivity index (χ2n) is 7.59. The highest BCUT2D eigenvalue weighted by Crippen LogP contribution is 2.42. The van der Waals surface area contributed by atoms with Crippen molar-refractivity contribution in [3.63, 3.8) is 0 Å². The minimum atomic E-state index is -3.65. The van der Waals surface area contributed by atoms with Gasteiger partial charge in [-0.05, 0) is 52.9 Å². The number of hydrogen-bond donors (Lipinski definition) is 1. The maximum Gasteiger partial charge on any atom is 0.271 e. The monoisotopic (exact) mass is 459 g/mol. The normalized spacial score (nSPS) is 14.2. The minimum absolute atomic E-state index is 0.154. The van der Waals surface area contributed by atoms with Crippen LogP contribution in [0.5, 0.6) is 0 Å². The van der Waals surface area contributed by atoms with Crippen molar-refractivity contribution in [1.29, 1.82) is 0 Å². The molecule has 0 atom stereocenters. The number of carbonyl (C=O) groups is 1.